The van der Waals surface area contributed by atoms with Crippen LogP contribution in [-0.2, 0) is 0 Å². The fourth-order valence-electron chi connectivity index (χ4n) is 1.79. The number of nitrogens with zero attached hydrogens (tertiary/aromatic N) is 2. The van der Waals surface area contributed by atoms with E-state index < -0.39 is 11.5 Å². The van der Waals surface area contributed by atoms with Crippen LogP contribution in [0.2, 0.25) is 0 Å². The van der Waals surface area contributed by atoms with Crippen LogP contribution in [0.1, 0.15) is 25.6 Å². The molecule has 112 valence electrons. The van der Waals surface area contributed by atoms with Gasteiger partial charge in [-0.3, -0.25) is 4.98 Å². The summed E-state index contributed by atoms with van der Waals surface area (Å²) in [4.78, 5) is 21.1. The zero-order valence-electron chi connectivity index (χ0n) is 11.5. The van der Waals surface area contributed by atoms with Crippen molar-refractivity contribution in [3.8, 4) is 5.75 Å². The fraction of sp³-hybridized carbons (Fsp3) is 0.308. The van der Waals surface area contributed by atoms with Crippen LogP contribution in [0.15, 0.2) is 27.7 Å². The van der Waals surface area contributed by atoms with Crippen LogP contribution in [0.3, 0.4) is 0 Å². The highest BCUT2D eigenvalue weighted by Gasteiger charge is 2.16. The molecule has 0 fully saturated rings. The largest absolute Gasteiger partial charge is 0.492 e. The number of aromatic nitrogens is 3. The lowest BCUT2D eigenvalue weighted by Crippen LogP contribution is -2.18. The molecule has 0 aliphatic rings. The first-order valence-corrected chi connectivity index (χ1v) is 7.11. The van der Waals surface area contributed by atoms with Crippen LogP contribution in [0.25, 0.3) is 0 Å². The average Bonchev–Trinajstić information content (AvgIpc) is 2.45. The van der Waals surface area contributed by atoms with E-state index in [9.17, 15) is 9.18 Å². The van der Waals surface area contributed by atoms with Gasteiger partial charge in [0.2, 0.25) is 0 Å². The third-order valence-corrected chi connectivity index (χ3v) is 3.13. The van der Waals surface area contributed by atoms with Gasteiger partial charge in [-0.1, -0.05) is 0 Å². The van der Waals surface area contributed by atoms with E-state index in [-0.39, 0.29) is 11.9 Å². The quantitative estimate of drug-likeness (QED) is 0.805. The van der Waals surface area contributed by atoms with Crippen LogP contribution < -0.4 is 15.7 Å². The Morgan fingerprint density at radius 1 is 1.52 bits per heavy atom. The maximum atomic E-state index is 13.6. The Morgan fingerprint density at radius 3 is 3.00 bits per heavy atom. The van der Waals surface area contributed by atoms with E-state index in [4.69, 9.17) is 4.74 Å². The van der Waals surface area contributed by atoms with Gasteiger partial charge < -0.3 is 10.1 Å². The van der Waals surface area contributed by atoms with Gasteiger partial charge in [0.1, 0.15) is 21.9 Å². The van der Waals surface area contributed by atoms with Crippen molar-refractivity contribution < 1.29 is 9.13 Å². The van der Waals surface area contributed by atoms with Crippen LogP contribution >= 0.6 is 15.9 Å². The van der Waals surface area contributed by atoms with Gasteiger partial charge in [-0.05, 0) is 41.9 Å². The molecule has 2 aromatic rings. The zero-order valence-corrected chi connectivity index (χ0v) is 13.1. The van der Waals surface area contributed by atoms with E-state index in [0.717, 1.165) is 6.20 Å². The molecule has 21 heavy (non-hydrogen) atoms. The number of anilines is 1. The Morgan fingerprint density at radius 2 is 2.29 bits per heavy atom. The second-order valence-electron chi connectivity index (χ2n) is 4.23. The Bertz CT molecular complexity index is 692. The minimum Gasteiger partial charge on any atom is -0.492 e. The molecule has 1 unspecified atom stereocenters. The molecule has 6 nitrogen and oxygen atoms in total. The fourth-order valence-corrected chi connectivity index (χ4v) is 2.12. The third kappa shape index (κ3) is 3.78. The number of pyridine rings is 1. The monoisotopic (exact) mass is 356 g/mol. The number of nitrogens with one attached hydrogen (secondary N) is 2. The number of H-pyrrole nitrogens is 1. The molecular formula is C13H14BrFN4O2. The van der Waals surface area contributed by atoms with Crippen molar-refractivity contribution in [2.24, 2.45) is 0 Å². The van der Waals surface area contributed by atoms with Gasteiger partial charge in [0.15, 0.2) is 5.82 Å². The maximum Gasteiger partial charge on any atom is 0.346 e. The van der Waals surface area contributed by atoms with Crippen LogP contribution in [0.4, 0.5) is 10.2 Å². The second kappa shape index (κ2) is 6.66. The van der Waals surface area contributed by atoms with Crippen molar-refractivity contribution >= 4 is 21.7 Å². The van der Waals surface area contributed by atoms with Crippen LogP contribution in [-0.4, -0.2) is 21.6 Å². The zero-order chi connectivity index (χ0) is 15.4. The van der Waals surface area contributed by atoms with Crippen LogP contribution in [0, 0.1) is 5.82 Å². The molecule has 1 atom stereocenters. The standard InChI is InChI=1S/C13H14BrFN4O2/c1-3-21-9-4-5-10(14)18-11(9)7(2)17-12-8(15)6-16-13(20)19-12/h4-7H,3H2,1-2H3,(H2,16,17,19,20). The van der Waals surface area contributed by atoms with E-state index in [0.29, 0.717) is 22.7 Å². The summed E-state index contributed by atoms with van der Waals surface area (Å²) < 4.78 is 19.8. The van der Waals surface area contributed by atoms with Crippen molar-refractivity contribution in [2.75, 3.05) is 11.9 Å². The van der Waals surface area contributed by atoms with Crippen molar-refractivity contribution in [2.45, 2.75) is 19.9 Å². The van der Waals surface area contributed by atoms with Crippen molar-refractivity contribution in [1.29, 1.82) is 0 Å². The summed E-state index contributed by atoms with van der Waals surface area (Å²) in [5, 5.41) is 2.86. The van der Waals surface area contributed by atoms with Crippen molar-refractivity contribution in [1.82, 2.24) is 15.0 Å². The number of aromatic amines is 1. The van der Waals surface area contributed by atoms with Gasteiger partial charge in [0.25, 0.3) is 0 Å². The van der Waals surface area contributed by atoms with Crippen molar-refractivity contribution in [3.63, 3.8) is 0 Å². The number of hydrogen-bond acceptors (Lipinski definition) is 5. The van der Waals surface area contributed by atoms with Gasteiger partial charge in [0.05, 0.1) is 18.8 Å². The molecule has 2 N–H and O–H groups in total. The minimum absolute atomic E-state index is 0.0354. The molecule has 0 saturated heterocycles. The van der Waals surface area contributed by atoms with E-state index in [1.165, 1.54) is 0 Å². The molecule has 0 amide bonds. The Balaban J connectivity index is 2.31. The van der Waals surface area contributed by atoms with Crippen molar-refractivity contribution in [3.05, 3.63) is 44.9 Å². The maximum absolute atomic E-state index is 13.6. The molecule has 0 aliphatic heterocycles. The molecule has 2 aromatic heterocycles. The molecular weight excluding hydrogens is 343 g/mol. The first-order valence-electron chi connectivity index (χ1n) is 6.32. The first kappa shape index (κ1) is 15.4. The predicted molar refractivity (Wildman–Crippen MR) is 80.0 cm³/mol. The minimum atomic E-state index is -0.644. The molecule has 0 radical (unpaired) electrons. The third-order valence-electron chi connectivity index (χ3n) is 2.69. The second-order valence-corrected chi connectivity index (χ2v) is 5.04. The molecule has 2 rings (SSSR count). The van der Waals surface area contributed by atoms with E-state index in [1.54, 1.807) is 19.1 Å². The van der Waals surface area contributed by atoms with Crippen LogP contribution in [0.5, 0.6) is 5.75 Å². The van der Waals surface area contributed by atoms with Gasteiger partial charge in [0, 0.05) is 0 Å². The normalized spacial score (nSPS) is 12.0. The van der Waals surface area contributed by atoms with Gasteiger partial charge in [-0.2, -0.15) is 4.98 Å². The molecule has 0 bridgehead atoms. The lowest BCUT2D eigenvalue weighted by atomic mass is 10.2. The summed E-state index contributed by atoms with van der Waals surface area (Å²) in [7, 11) is 0. The van der Waals surface area contributed by atoms with Gasteiger partial charge in [-0.15, -0.1) is 0 Å². The highest BCUT2D eigenvalue weighted by molar-refractivity contribution is 9.10. The number of hydrogen-bond donors (Lipinski definition) is 2. The molecule has 8 heteroatoms. The number of ether oxygens (including phenoxy) is 1. The lowest BCUT2D eigenvalue weighted by Gasteiger charge is -2.18. The first-order chi connectivity index (χ1) is 10.0. The van der Waals surface area contributed by atoms with E-state index >= 15 is 0 Å². The number of halogens is 2. The predicted octanol–water partition coefficient (Wildman–Crippen LogP) is 2.64. The smallest absolute Gasteiger partial charge is 0.346 e. The summed E-state index contributed by atoms with van der Waals surface area (Å²) in [6.45, 7) is 4.14. The SMILES string of the molecule is CCOc1ccc(Br)nc1C(C)Nc1[nH]c(=O)ncc1F. The van der Waals surface area contributed by atoms with Gasteiger partial charge >= 0.3 is 5.69 Å². The Hall–Kier alpha value is -1.96. The number of rotatable bonds is 5. The Labute approximate surface area is 128 Å². The topological polar surface area (TPSA) is 79.9 Å². The summed E-state index contributed by atoms with van der Waals surface area (Å²) in [5.74, 6) is -0.0846. The average molecular weight is 357 g/mol. The highest BCUT2D eigenvalue weighted by Crippen LogP contribution is 2.27. The Kier molecular flexibility index (Phi) is 4.89. The molecule has 2 heterocycles. The molecule has 0 aliphatic carbocycles. The van der Waals surface area contributed by atoms with E-state index in [1.807, 2.05) is 6.92 Å². The summed E-state index contributed by atoms with van der Waals surface area (Å²) >= 11 is 3.29. The molecule has 0 spiro atoms. The molecule has 0 saturated carbocycles. The lowest BCUT2D eigenvalue weighted by molar-refractivity contribution is 0.333. The summed E-state index contributed by atoms with van der Waals surface area (Å²) in [6.07, 6.45) is 0.867. The summed E-state index contributed by atoms with van der Waals surface area (Å²) in [6, 6.07) is 3.16. The summed E-state index contributed by atoms with van der Waals surface area (Å²) in [5.41, 5.74) is -0.0263. The van der Waals surface area contributed by atoms with E-state index in [2.05, 4.69) is 36.2 Å². The highest BCUT2D eigenvalue weighted by atomic mass is 79.9. The van der Waals surface area contributed by atoms with Gasteiger partial charge in [-0.25, -0.2) is 14.2 Å². The molecule has 0 aromatic carbocycles.